The lowest BCUT2D eigenvalue weighted by molar-refractivity contribution is -0.141. The van der Waals surface area contributed by atoms with Gasteiger partial charge >= 0.3 is 0 Å². The van der Waals surface area contributed by atoms with Crippen LogP contribution in [0, 0.1) is 0 Å². The fraction of sp³-hybridized carbons (Fsp3) is 0.440. The third-order valence-corrected chi connectivity index (χ3v) is 6.52. The van der Waals surface area contributed by atoms with Crippen molar-refractivity contribution in [3.63, 3.8) is 0 Å². The Morgan fingerprint density at radius 2 is 1.71 bits per heavy atom. The Kier molecular flexibility index (Phi) is 8.79. The Morgan fingerprint density at radius 1 is 1.03 bits per heavy atom. The van der Waals surface area contributed by atoms with Gasteiger partial charge in [0, 0.05) is 22.6 Å². The van der Waals surface area contributed by atoms with Gasteiger partial charge in [0.15, 0.2) is 0 Å². The molecule has 1 N–H and O–H groups in total. The van der Waals surface area contributed by atoms with Crippen molar-refractivity contribution in [3.8, 4) is 0 Å². The number of hydrogen-bond donors (Lipinski definition) is 1. The minimum Gasteiger partial charge on any atom is -0.352 e. The summed E-state index contributed by atoms with van der Waals surface area (Å²) in [6.45, 7) is 2.29. The molecule has 1 aliphatic carbocycles. The first-order valence-corrected chi connectivity index (χ1v) is 11.8. The molecular formula is C25H30Cl2N2O2. The van der Waals surface area contributed by atoms with E-state index in [2.05, 4.69) is 5.32 Å². The lowest BCUT2D eigenvalue weighted by Gasteiger charge is -2.33. The third-order valence-electron chi connectivity index (χ3n) is 5.90. The van der Waals surface area contributed by atoms with Crippen molar-refractivity contribution >= 4 is 35.0 Å². The second kappa shape index (κ2) is 11.5. The van der Waals surface area contributed by atoms with E-state index < -0.39 is 6.04 Å². The Labute approximate surface area is 194 Å². The summed E-state index contributed by atoms with van der Waals surface area (Å²) in [5.74, 6) is -0.190. The number of nitrogens with zero attached hydrogens (tertiary/aromatic N) is 1. The van der Waals surface area contributed by atoms with E-state index in [0.717, 1.165) is 36.8 Å². The highest BCUT2D eigenvalue weighted by Gasteiger charge is 2.30. The van der Waals surface area contributed by atoms with Crippen LogP contribution in [0.15, 0.2) is 48.5 Å². The topological polar surface area (TPSA) is 49.4 Å². The lowest BCUT2D eigenvalue weighted by Crippen LogP contribution is -2.52. The van der Waals surface area contributed by atoms with Crippen LogP contribution in [0.2, 0.25) is 10.0 Å². The summed E-state index contributed by atoms with van der Waals surface area (Å²) in [6.07, 6.45) is 6.21. The van der Waals surface area contributed by atoms with E-state index in [9.17, 15) is 9.59 Å². The van der Waals surface area contributed by atoms with Crippen molar-refractivity contribution in [2.75, 3.05) is 0 Å². The number of halogens is 2. The molecule has 0 spiro atoms. The standard InChI is InChI=1S/C25H30Cl2N2O2/c1-2-23(25(31)28-21-9-4-3-5-10-21)29(17-18-12-14-20(26)15-13-18)24(30)16-19-8-6-7-11-22(19)27/h6-8,11-15,21,23H,2-5,9-10,16-17H2,1H3,(H,28,31). The van der Waals surface area contributed by atoms with Crippen molar-refractivity contribution < 1.29 is 9.59 Å². The van der Waals surface area contributed by atoms with Crippen LogP contribution in [0.3, 0.4) is 0 Å². The molecule has 6 heteroatoms. The summed E-state index contributed by atoms with van der Waals surface area (Å²) in [5, 5.41) is 4.39. The fourth-order valence-corrected chi connectivity index (χ4v) is 4.49. The number of benzene rings is 2. The molecular weight excluding hydrogens is 431 g/mol. The Bertz CT molecular complexity index is 879. The molecule has 1 fully saturated rings. The smallest absolute Gasteiger partial charge is 0.243 e. The van der Waals surface area contributed by atoms with E-state index in [4.69, 9.17) is 23.2 Å². The first kappa shape index (κ1) is 23.6. The SMILES string of the molecule is CCC(C(=O)NC1CCCCC1)N(Cc1ccc(Cl)cc1)C(=O)Cc1ccccc1Cl. The van der Waals surface area contributed by atoms with E-state index in [1.807, 2.05) is 37.3 Å². The largest absolute Gasteiger partial charge is 0.352 e. The Hall–Kier alpha value is -2.04. The molecule has 1 atom stereocenters. The Balaban J connectivity index is 1.81. The summed E-state index contributed by atoms with van der Waals surface area (Å²) in [6, 6.07) is 14.4. The number of carbonyl (C=O) groups is 2. The summed E-state index contributed by atoms with van der Waals surface area (Å²) in [5.41, 5.74) is 1.69. The van der Waals surface area contributed by atoms with Gasteiger partial charge in [-0.05, 0) is 48.6 Å². The molecule has 2 aromatic carbocycles. The van der Waals surface area contributed by atoms with E-state index in [-0.39, 0.29) is 24.3 Å². The van der Waals surface area contributed by atoms with E-state index in [1.54, 1.807) is 23.1 Å². The number of rotatable bonds is 8. The van der Waals surface area contributed by atoms with Crippen LogP contribution < -0.4 is 5.32 Å². The quantitative estimate of drug-likeness (QED) is 0.541. The average molecular weight is 461 g/mol. The molecule has 31 heavy (non-hydrogen) atoms. The first-order valence-electron chi connectivity index (χ1n) is 11.1. The van der Waals surface area contributed by atoms with Crippen LogP contribution in [-0.2, 0) is 22.6 Å². The predicted molar refractivity (Wildman–Crippen MR) is 126 cm³/mol. The highest BCUT2D eigenvalue weighted by molar-refractivity contribution is 6.31. The minimum atomic E-state index is -0.535. The number of hydrogen-bond acceptors (Lipinski definition) is 2. The zero-order valence-electron chi connectivity index (χ0n) is 17.9. The summed E-state index contributed by atoms with van der Waals surface area (Å²) >= 11 is 12.3. The van der Waals surface area contributed by atoms with Crippen LogP contribution >= 0.6 is 23.2 Å². The van der Waals surface area contributed by atoms with Crippen molar-refractivity contribution in [2.24, 2.45) is 0 Å². The maximum Gasteiger partial charge on any atom is 0.243 e. The summed E-state index contributed by atoms with van der Waals surface area (Å²) in [4.78, 5) is 28.3. The molecule has 0 aliphatic heterocycles. The van der Waals surface area contributed by atoms with Crippen molar-refractivity contribution in [1.29, 1.82) is 0 Å². The van der Waals surface area contributed by atoms with Gasteiger partial charge in [-0.2, -0.15) is 0 Å². The molecule has 4 nitrogen and oxygen atoms in total. The highest BCUT2D eigenvalue weighted by Crippen LogP contribution is 2.21. The molecule has 2 aromatic rings. The first-order chi connectivity index (χ1) is 15.0. The predicted octanol–water partition coefficient (Wildman–Crippen LogP) is 5.79. The Morgan fingerprint density at radius 3 is 2.35 bits per heavy atom. The van der Waals surface area contributed by atoms with Gasteiger partial charge in [-0.3, -0.25) is 9.59 Å². The summed E-state index contributed by atoms with van der Waals surface area (Å²) in [7, 11) is 0. The molecule has 0 aromatic heterocycles. The van der Waals surface area contributed by atoms with Crippen molar-refractivity contribution in [3.05, 3.63) is 69.7 Å². The monoisotopic (exact) mass is 460 g/mol. The molecule has 2 amide bonds. The van der Waals surface area contributed by atoms with Crippen LogP contribution in [-0.4, -0.2) is 28.8 Å². The average Bonchev–Trinajstić information content (AvgIpc) is 2.77. The lowest BCUT2D eigenvalue weighted by atomic mass is 9.95. The summed E-state index contributed by atoms with van der Waals surface area (Å²) < 4.78 is 0. The van der Waals surface area contributed by atoms with Gasteiger partial charge in [-0.1, -0.05) is 79.7 Å². The highest BCUT2D eigenvalue weighted by atomic mass is 35.5. The molecule has 1 saturated carbocycles. The van der Waals surface area contributed by atoms with Crippen LogP contribution in [0.1, 0.15) is 56.6 Å². The second-order valence-corrected chi connectivity index (χ2v) is 9.03. The molecule has 166 valence electrons. The van der Waals surface area contributed by atoms with Crippen LogP contribution in [0.5, 0.6) is 0 Å². The fourth-order valence-electron chi connectivity index (χ4n) is 4.16. The van der Waals surface area contributed by atoms with Crippen molar-refractivity contribution in [2.45, 2.75) is 70.5 Å². The van der Waals surface area contributed by atoms with Gasteiger partial charge in [0.2, 0.25) is 11.8 Å². The molecule has 0 heterocycles. The molecule has 1 unspecified atom stereocenters. The van der Waals surface area contributed by atoms with Crippen LogP contribution in [0.25, 0.3) is 0 Å². The maximum atomic E-state index is 13.4. The zero-order chi connectivity index (χ0) is 22.2. The molecule has 0 radical (unpaired) electrons. The number of carbonyl (C=O) groups excluding carboxylic acids is 2. The van der Waals surface area contributed by atoms with E-state index in [0.29, 0.717) is 23.0 Å². The van der Waals surface area contributed by atoms with Gasteiger partial charge in [-0.15, -0.1) is 0 Å². The maximum absolute atomic E-state index is 13.4. The third kappa shape index (κ3) is 6.72. The molecule has 0 bridgehead atoms. The van der Waals surface area contributed by atoms with Gasteiger partial charge in [0.05, 0.1) is 6.42 Å². The van der Waals surface area contributed by atoms with Gasteiger partial charge in [-0.25, -0.2) is 0 Å². The van der Waals surface area contributed by atoms with Crippen molar-refractivity contribution in [1.82, 2.24) is 10.2 Å². The second-order valence-electron chi connectivity index (χ2n) is 8.18. The van der Waals surface area contributed by atoms with Gasteiger partial charge in [0.25, 0.3) is 0 Å². The molecule has 1 aliphatic rings. The number of nitrogens with one attached hydrogen (secondary N) is 1. The zero-order valence-corrected chi connectivity index (χ0v) is 19.5. The van der Waals surface area contributed by atoms with Crippen LogP contribution in [0.4, 0.5) is 0 Å². The molecule has 3 rings (SSSR count). The number of amides is 2. The molecule has 0 saturated heterocycles. The van der Waals surface area contributed by atoms with Gasteiger partial charge in [0.1, 0.15) is 6.04 Å². The van der Waals surface area contributed by atoms with Gasteiger partial charge < -0.3 is 10.2 Å². The minimum absolute atomic E-state index is 0.0733. The normalized spacial score (nSPS) is 15.3. The van der Waals surface area contributed by atoms with E-state index >= 15 is 0 Å². The van der Waals surface area contributed by atoms with E-state index in [1.165, 1.54) is 6.42 Å².